The molecule has 5 heteroatoms. The molecule has 0 saturated heterocycles. The van der Waals surface area contributed by atoms with Crippen LogP contribution in [0.1, 0.15) is 19.8 Å². The number of unbranched alkanes of at least 4 members (excludes halogenated alkanes) is 1. The van der Waals surface area contributed by atoms with Crippen LogP contribution in [0, 0.1) is 0 Å². The van der Waals surface area contributed by atoms with E-state index < -0.39 is 0 Å². The van der Waals surface area contributed by atoms with Crippen molar-refractivity contribution in [3.8, 4) is 11.5 Å². The van der Waals surface area contributed by atoms with Crippen molar-refractivity contribution in [3.05, 3.63) is 61.2 Å². The number of nitrogens with one attached hydrogen (secondary N) is 2. The molecule has 0 bridgehead atoms. The van der Waals surface area contributed by atoms with Gasteiger partial charge in [-0.15, -0.1) is 0 Å². The number of benzene rings is 2. The van der Waals surface area contributed by atoms with Gasteiger partial charge in [-0.05, 0) is 42.8 Å². The molecule has 0 saturated carbocycles. The van der Waals surface area contributed by atoms with E-state index in [1.807, 2.05) is 42.5 Å². The molecule has 5 nitrogen and oxygen atoms in total. The van der Waals surface area contributed by atoms with Crippen LogP contribution in [0.3, 0.4) is 0 Å². The average molecular weight is 354 g/mol. The SMILES string of the molecule is C=CCOc1cccc(NC(=O)CNc2ccc(OCCCC)cc2)c1. The standard InChI is InChI=1S/C21H26N2O3/c1-3-5-14-26-19-11-9-17(10-12-19)22-16-21(24)23-18-7-6-8-20(15-18)25-13-4-2/h4,6-12,15,22H,2-3,5,13-14,16H2,1H3,(H,23,24). The van der Waals surface area contributed by atoms with E-state index in [9.17, 15) is 4.79 Å². The molecule has 1 amide bonds. The Hall–Kier alpha value is -2.95. The molecule has 0 radical (unpaired) electrons. The van der Waals surface area contributed by atoms with Crippen LogP contribution in [-0.2, 0) is 4.79 Å². The molecule has 0 aromatic heterocycles. The molecule has 2 aromatic carbocycles. The first-order valence-electron chi connectivity index (χ1n) is 8.81. The van der Waals surface area contributed by atoms with E-state index in [1.54, 1.807) is 12.1 Å². The molecule has 0 aliphatic rings. The number of rotatable bonds is 11. The van der Waals surface area contributed by atoms with E-state index >= 15 is 0 Å². The topological polar surface area (TPSA) is 59.6 Å². The number of anilines is 2. The van der Waals surface area contributed by atoms with Gasteiger partial charge in [0.25, 0.3) is 0 Å². The second-order valence-electron chi connectivity index (χ2n) is 5.76. The summed E-state index contributed by atoms with van der Waals surface area (Å²) in [6, 6.07) is 14.9. The summed E-state index contributed by atoms with van der Waals surface area (Å²) < 4.78 is 11.1. The third-order valence-corrected chi connectivity index (χ3v) is 3.56. The largest absolute Gasteiger partial charge is 0.494 e. The second-order valence-corrected chi connectivity index (χ2v) is 5.76. The maximum atomic E-state index is 12.1. The van der Waals surface area contributed by atoms with Crippen molar-refractivity contribution < 1.29 is 14.3 Å². The lowest BCUT2D eigenvalue weighted by atomic mass is 10.3. The van der Waals surface area contributed by atoms with Crippen LogP contribution in [-0.4, -0.2) is 25.7 Å². The van der Waals surface area contributed by atoms with Gasteiger partial charge in [-0.1, -0.05) is 32.1 Å². The smallest absolute Gasteiger partial charge is 0.243 e. The minimum absolute atomic E-state index is 0.130. The molecule has 26 heavy (non-hydrogen) atoms. The van der Waals surface area contributed by atoms with E-state index in [4.69, 9.17) is 9.47 Å². The Kier molecular flexibility index (Phi) is 8.06. The summed E-state index contributed by atoms with van der Waals surface area (Å²) in [5, 5.41) is 5.94. The molecule has 2 aromatic rings. The van der Waals surface area contributed by atoms with Crippen LogP contribution in [0.2, 0.25) is 0 Å². The average Bonchev–Trinajstić information content (AvgIpc) is 2.66. The van der Waals surface area contributed by atoms with Crippen LogP contribution in [0.5, 0.6) is 11.5 Å². The molecule has 0 aliphatic carbocycles. The highest BCUT2D eigenvalue weighted by molar-refractivity contribution is 5.93. The van der Waals surface area contributed by atoms with Gasteiger partial charge in [0.2, 0.25) is 5.91 Å². The van der Waals surface area contributed by atoms with Gasteiger partial charge in [-0.2, -0.15) is 0 Å². The molecule has 0 heterocycles. The van der Waals surface area contributed by atoms with Gasteiger partial charge < -0.3 is 20.1 Å². The normalized spacial score (nSPS) is 10.0. The first kappa shape index (κ1) is 19.4. The van der Waals surface area contributed by atoms with E-state index in [0.717, 1.165) is 30.9 Å². The number of hydrogen-bond acceptors (Lipinski definition) is 4. The van der Waals surface area contributed by atoms with Crippen LogP contribution in [0.4, 0.5) is 11.4 Å². The van der Waals surface area contributed by atoms with Crippen molar-refractivity contribution >= 4 is 17.3 Å². The van der Waals surface area contributed by atoms with Crippen LogP contribution in [0.25, 0.3) is 0 Å². The Morgan fingerprint density at radius 1 is 1.08 bits per heavy atom. The highest BCUT2D eigenvalue weighted by atomic mass is 16.5. The molecule has 2 rings (SSSR count). The zero-order valence-electron chi connectivity index (χ0n) is 15.2. The first-order valence-corrected chi connectivity index (χ1v) is 8.81. The highest BCUT2D eigenvalue weighted by Crippen LogP contribution is 2.18. The Morgan fingerprint density at radius 2 is 1.88 bits per heavy atom. The minimum Gasteiger partial charge on any atom is -0.494 e. The van der Waals surface area contributed by atoms with E-state index in [1.165, 1.54) is 0 Å². The zero-order valence-corrected chi connectivity index (χ0v) is 15.2. The zero-order chi connectivity index (χ0) is 18.6. The Balaban J connectivity index is 1.78. The van der Waals surface area contributed by atoms with E-state index in [-0.39, 0.29) is 12.5 Å². The van der Waals surface area contributed by atoms with Gasteiger partial charge in [-0.25, -0.2) is 0 Å². The van der Waals surface area contributed by atoms with Crippen molar-refractivity contribution in [2.24, 2.45) is 0 Å². The molecule has 0 unspecified atom stereocenters. The van der Waals surface area contributed by atoms with Crippen molar-refractivity contribution in [2.45, 2.75) is 19.8 Å². The van der Waals surface area contributed by atoms with Crippen molar-refractivity contribution in [1.29, 1.82) is 0 Å². The number of carbonyl (C=O) groups is 1. The summed E-state index contributed by atoms with van der Waals surface area (Å²) in [6.45, 7) is 7.07. The summed E-state index contributed by atoms with van der Waals surface area (Å²) in [5.41, 5.74) is 1.56. The monoisotopic (exact) mass is 354 g/mol. The van der Waals surface area contributed by atoms with Gasteiger partial charge in [0.15, 0.2) is 0 Å². The fraction of sp³-hybridized carbons (Fsp3) is 0.286. The fourth-order valence-corrected chi connectivity index (χ4v) is 2.21. The Labute approximate surface area is 155 Å². The molecule has 2 N–H and O–H groups in total. The summed E-state index contributed by atoms with van der Waals surface area (Å²) >= 11 is 0. The molecular formula is C21H26N2O3. The third kappa shape index (κ3) is 6.89. The van der Waals surface area contributed by atoms with Gasteiger partial charge in [-0.3, -0.25) is 4.79 Å². The number of ether oxygens (including phenoxy) is 2. The van der Waals surface area contributed by atoms with Gasteiger partial charge in [0.1, 0.15) is 18.1 Å². The summed E-state index contributed by atoms with van der Waals surface area (Å²) in [6.07, 6.45) is 3.83. The number of hydrogen-bond donors (Lipinski definition) is 2. The second kappa shape index (κ2) is 10.8. The number of amides is 1. The van der Waals surface area contributed by atoms with Crippen LogP contribution >= 0.6 is 0 Å². The van der Waals surface area contributed by atoms with Crippen molar-refractivity contribution in [3.63, 3.8) is 0 Å². The molecular weight excluding hydrogens is 328 g/mol. The third-order valence-electron chi connectivity index (χ3n) is 3.56. The van der Waals surface area contributed by atoms with E-state index in [0.29, 0.717) is 18.0 Å². The Morgan fingerprint density at radius 3 is 2.62 bits per heavy atom. The maximum absolute atomic E-state index is 12.1. The molecule has 0 aliphatic heterocycles. The summed E-state index contributed by atoms with van der Waals surface area (Å²) in [5.74, 6) is 1.40. The van der Waals surface area contributed by atoms with Gasteiger partial charge in [0, 0.05) is 17.4 Å². The predicted octanol–water partition coefficient (Wildman–Crippen LogP) is 4.48. The lowest BCUT2D eigenvalue weighted by Gasteiger charge is -2.10. The predicted molar refractivity (Wildman–Crippen MR) is 106 cm³/mol. The Bertz CT molecular complexity index is 699. The van der Waals surface area contributed by atoms with Crippen LogP contribution < -0.4 is 20.1 Å². The minimum atomic E-state index is -0.130. The van der Waals surface area contributed by atoms with Gasteiger partial charge in [0.05, 0.1) is 13.2 Å². The quantitative estimate of drug-likeness (QED) is 0.461. The molecule has 0 spiro atoms. The maximum Gasteiger partial charge on any atom is 0.243 e. The van der Waals surface area contributed by atoms with E-state index in [2.05, 4.69) is 24.1 Å². The number of carbonyl (C=O) groups excluding carboxylic acids is 1. The molecule has 0 fully saturated rings. The fourth-order valence-electron chi connectivity index (χ4n) is 2.21. The van der Waals surface area contributed by atoms with Crippen LogP contribution in [0.15, 0.2) is 61.2 Å². The first-order chi connectivity index (χ1) is 12.7. The summed E-state index contributed by atoms with van der Waals surface area (Å²) in [4.78, 5) is 12.1. The lowest BCUT2D eigenvalue weighted by molar-refractivity contribution is -0.114. The lowest BCUT2D eigenvalue weighted by Crippen LogP contribution is -2.21. The van der Waals surface area contributed by atoms with Gasteiger partial charge >= 0.3 is 0 Å². The molecule has 0 atom stereocenters. The molecule has 138 valence electrons. The van der Waals surface area contributed by atoms with Crippen molar-refractivity contribution in [1.82, 2.24) is 0 Å². The highest BCUT2D eigenvalue weighted by Gasteiger charge is 2.04. The van der Waals surface area contributed by atoms with Crippen molar-refractivity contribution in [2.75, 3.05) is 30.4 Å². The summed E-state index contributed by atoms with van der Waals surface area (Å²) in [7, 11) is 0.